The Kier molecular flexibility index (Phi) is 5.53. The average Bonchev–Trinajstić information content (AvgIpc) is 3.35. The predicted molar refractivity (Wildman–Crippen MR) is 130 cm³/mol. The SMILES string of the molecule is CSc1ccc(C2c3c(-c4ccc(Cl)cc4)n[nH]c3C(=O)N2Cc2ccc(C)cc2)cc1. The zero-order valence-corrected chi connectivity index (χ0v) is 19.4. The lowest BCUT2D eigenvalue weighted by Gasteiger charge is -2.26. The number of thioether (sulfide) groups is 1. The zero-order valence-electron chi connectivity index (χ0n) is 17.8. The Labute approximate surface area is 196 Å². The van der Waals surface area contributed by atoms with Gasteiger partial charge in [0.1, 0.15) is 5.69 Å². The number of amides is 1. The second-order valence-corrected chi connectivity index (χ2v) is 9.28. The van der Waals surface area contributed by atoms with Crippen LogP contribution in [0.15, 0.2) is 77.7 Å². The number of nitrogens with one attached hydrogen (secondary N) is 1. The molecule has 160 valence electrons. The van der Waals surface area contributed by atoms with Crippen molar-refractivity contribution in [1.29, 1.82) is 0 Å². The van der Waals surface area contributed by atoms with E-state index in [9.17, 15) is 4.79 Å². The first kappa shape index (κ1) is 20.9. The van der Waals surface area contributed by atoms with Crippen molar-refractivity contribution in [3.63, 3.8) is 0 Å². The summed E-state index contributed by atoms with van der Waals surface area (Å²) in [4.78, 5) is 16.6. The molecule has 0 fully saturated rings. The van der Waals surface area contributed by atoms with E-state index in [4.69, 9.17) is 11.6 Å². The molecule has 0 bridgehead atoms. The van der Waals surface area contributed by atoms with Gasteiger partial charge >= 0.3 is 0 Å². The van der Waals surface area contributed by atoms with E-state index in [2.05, 4.69) is 71.9 Å². The highest BCUT2D eigenvalue weighted by Crippen LogP contribution is 2.43. The molecule has 0 spiro atoms. The molecule has 1 unspecified atom stereocenters. The fraction of sp³-hybridized carbons (Fsp3) is 0.154. The maximum Gasteiger partial charge on any atom is 0.273 e. The summed E-state index contributed by atoms with van der Waals surface area (Å²) in [6.45, 7) is 2.59. The fourth-order valence-electron chi connectivity index (χ4n) is 4.21. The van der Waals surface area contributed by atoms with Crippen LogP contribution in [-0.4, -0.2) is 27.3 Å². The minimum Gasteiger partial charge on any atom is -0.322 e. The van der Waals surface area contributed by atoms with Crippen LogP contribution in [0.25, 0.3) is 11.3 Å². The lowest BCUT2D eigenvalue weighted by atomic mass is 9.96. The number of nitrogens with zero attached hydrogens (tertiary/aromatic N) is 2. The van der Waals surface area contributed by atoms with Crippen LogP contribution in [0.3, 0.4) is 0 Å². The van der Waals surface area contributed by atoms with Crippen molar-refractivity contribution < 1.29 is 4.79 Å². The van der Waals surface area contributed by atoms with Gasteiger partial charge in [-0.3, -0.25) is 9.89 Å². The Morgan fingerprint density at radius 1 is 1.00 bits per heavy atom. The van der Waals surface area contributed by atoms with E-state index in [1.807, 2.05) is 29.2 Å². The lowest BCUT2D eigenvalue weighted by Crippen LogP contribution is -2.29. The van der Waals surface area contributed by atoms with Gasteiger partial charge in [0.05, 0.1) is 11.7 Å². The summed E-state index contributed by atoms with van der Waals surface area (Å²) < 4.78 is 0. The first-order chi connectivity index (χ1) is 15.5. The second-order valence-electron chi connectivity index (χ2n) is 7.96. The Morgan fingerprint density at radius 2 is 1.69 bits per heavy atom. The van der Waals surface area contributed by atoms with Crippen molar-refractivity contribution >= 4 is 29.3 Å². The van der Waals surface area contributed by atoms with E-state index < -0.39 is 0 Å². The van der Waals surface area contributed by atoms with Crippen LogP contribution >= 0.6 is 23.4 Å². The van der Waals surface area contributed by atoms with Crippen LogP contribution in [0, 0.1) is 6.92 Å². The maximum absolute atomic E-state index is 13.5. The van der Waals surface area contributed by atoms with Crippen LogP contribution in [0.4, 0.5) is 0 Å². The van der Waals surface area contributed by atoms with Gasteiger partial charge in [-0.1, -0.05) is 65.7 Å². The highest BCUT2D eigenvalue weighted by Gasteiger charge is 2.42. The molecule has 4 aromatic rings. The van der Waals surface area contributed by atoms with Gasteiger partial charge in [-0.05, 0) is 48.6 Å². The number of carbonyl (C=O) groups is 1. The van der Waals surface area contributed by atoms with Gasteiger partial charge in [0.25, 0.3) is 5.91 Å². The number of rotatable bonds is 5. The lowest BCUT2D eigenvalue weighted by molar-refractivity contribution is 0.0730. The molecule has 1 atom stereocenters. The third kappa shape index (κ3) is 3.72. The summed E-state index contributed by atoms with van der Waals surface area (Å²) in [5.74, 6) is -0.0350. The number of hydrogen-bond acceptors (Lipinski definition) is 3. The number of carbonyl (C=O) groups excluding carboxylic acids is 1. The number of aromatic amines is 1. The summed E-state index contributed by atoms with van der Waals surface area (Å²) >= 11 is 7.80. The van der Waals surface area contributed by atoms with Gasteiger partial charge < -0.3 is 4.90 Å². The summed E-state index contributed by atoms with van der Waals surface area (Å²) in [5.41, 5.74) is 6.56. The number of H-pyrrole nitrogens is 1. The molecular formula is C26H22ClN3OS. The Bertz CT molecular complexity index is 1260. The molecule has 1 aliphatic heterocycles. The molecule has 1 aromatic heterocycles. The smallest absolute Gasteiger partial charge is 0.273 e. The third-order valence-electron chi connectivity index (χ3n) is 5.89. The Morgan fingerprint density at radius 3 is 2.34 bits per heavy atom. The van der Waals surface area contributed by atoms with Crippen molar-refractivity contribution in [2.75, 3.05) is 6.26 Å². The minimum absolute atomic E-state index is 0.0350. The van der Waals surface area contributed by atoms with E-state index in [1.54, 1.807) is 11.8 Å². The van der Waals surface area contributed by atoms with Gasteiger partial charge in [0.2, 0.25) is 0 Å². The number of aryl methyl sites for hydroxylation is 1. The fourth-order valence-corrected chi connectivity index (χ4v) is 4.74. The molecule has 6 heteroatoms. The quantitative estimate of drug-likeness (QED) is 0.346. The highest BCUT2D eigenvalue weighted by atomic mass is 35.5. The van der Waals surface area contributed by atoms with E-state index in [-0.39, 0.29) is 11.9 Å². The molecular weight excluding hydrogens is 438 g/mol. The summed E-state index contributed by atoms with van der Waals surface area (Å²) in [7, 11) is 0. The molecule has 4 nitrogen and oxygen atoms in total. The maximum atomic E-state index is 13.5. The summed E-state index contributed by atoms with van der Waals surface area (Å²) in [5, 5.41) is 8.22. The molecule has 3 aromatic carbocycles. The van der Waals surface area contributed by atoms with Gasteiger partial charge in [-0.2, -0.15) is 5.10 Å². The van der Waals surface area contributed by atoms with Crippen molar-refractivity contribution in [3.05, 3.63) is 106 Å². The van der Waals surface area contributed by atoms with E-state index >= 15 is 0 Å². The minimum atomic E-state index is -0.223. The molecule has 2 heterocycles. The summed E-state index contributed by atoms with van der Waals surface area (Å²) in [6.07, 6.45) is 2.06. The van der Waals surface area contributed by atoms with Crippen LogP contribution in [0.2, 0.25) is 5.02 Å². The van der Waals surface area contributed by atoms with Crippen molar-refractivity contribution in [2.45, 2.75) is 24.4 Å². The Hall–Kier alpha value is -3.02. The molecule has 1 amide bonds. The average molecular weight is 460 g/mol. The van der Waals surface area contributed by atoms with Gasteiger partial charge in [-0.15, -0.1) is 11.8 Å². The van der Waals surface area contributed by atoms with Gasteiger partial charge in [-0.25, -0.2) is 0 Å². The van der Waals surface area contributed by atoms with Crippen molar-refractivity contribution in [1.82, 2.24) is 15.1 Å². The number of benzene rings is 3. The van der Waals surface area contributed by atoms with E-state index in [1.165, 1.54) is 10.5 Å². The normalized spacial score (nSPS) is 15.3. The predicted octanol–water partition coefficient (Wildman–Crippen LogP) is 6.51. The molecule has 1 N–H and O–H groups in total. The zero-order chi connectivity index (χ0) is 22.2. The molecule has 0 aliphatic carbocycles. The number of aromatic nitrogens is 2. The van der Waals surface area contributed by atoms with Gasteiger partial charge in [0, 0.05) is 27.6 Å². The topological polar surface area (TPSA) is 49.0 Å². The van der Waals surface area contributed by atoms with E-state index in [0.717, 1.165) is 27.9 Å². The second kappa shape index (κ2) is 8.49. The van der Waals surface area contributed by atoms with Crippen molar-refractivity contribution in [2.24, 2.45) is 0 Å². The highest BCUT2D eigenvalue weighted by molar-refractivity contribution is 7.98. The molecule has 0 radical (unpaired) electrons. The molecule has 0 saturated heterocycles. The standard InChI is InChI=1S/C26H22ClN3OS/c1-16-3-5-17(6-4-16)15-30-25(19-9-13-21(32-2)14-10-19)22-23(28-29-24(22)26(30)31)18-7-11-20(27)12-8-18/h3-14,25H,15H2,1-2H3,(H,28,29). The Balaban J connectivity index is 1.62. The van der Waals surface area contributed by atoms with Crippen LogP contribution in [0.1, 0.15) is 38.8 Å². The van der Waals surface area contributed by atoms with Crippen LogP contribution in [-0.2, 0) is 6.54 Å². The van der Waals surface area contributed by atoms with E-state index in [0.29, 0.717) is 17.3 Å². The molecule has 32 heavy (non-hydrogen) atoms. The number of hydrogen-bond donors (Lipinski definition) is 1. The third-order valence-corrected chi connectivity index (χ3v) is 6.88. The summed E-state index contributed by atoms with van der Waals surface area (Å²) in [6, 6.07) is 24.1. The molecule has 0 saturated carbocycles. The molecule has 1 aliphatic rings. The number of halogens is 1. The van der Waals surface area contributed by atoms with Gasteiger partial charge in [0.15, 0.2) is 0 Å². The van der Waals surface area contributed by atoms with Crippen LogP contribution < -0.4 is 0 Å². The number of fused-ring (bicyclic) bond motifs is 1. The molecule has 5 rings (SSSR count). The van der Waals surface area contributed by atoms with Crippen LogP contribution in [0.5, 0.6) is 0 Å². The first-order valence-corrected chi connectivity index (χ1v) is 12.0. The van der Waals surface area contributed by atoms with Crippen molar-refractivity contribution in [3.8, 4) is 11.3 Å². The largest absolute Gasteiger partial charge is 0.322 e. The first-order valence-electron chi connectivity index (χ1n) is 10.4. The monoisotopic (exact) mass is 459 g/mol.